The number of rotatable bonds is 8. The Bertz CT molecular complexity index is 332. The molecule has 0 radical (unpaired) electrons. The minimum absolute atomic E-state index is 0.304. The van der Waals surface area contributed by atoms with Gasteiger partial charge < -0.3 is 16.4 Å². The van der Waals surface area contributed by atoms with Crippen LogP contribution in [0.2, 0.25) is 0 Å². The second-order valence-electron chi connectivity index (χ2n) is 3.70. The van der Waals surface area contributed by atoms with Crippen molar-refractivity contribution in [1.82, 2.24) is 9.97 Å². The lowest BCUT2D eigenvalue weighted by Gasteiger charge is -2.09. The van der Waals surface area contributed by atoms with E-state index in [1.54, 1.807) is 0 Å². The number of nitrogens with zero attached hydrogens (tertiary/aromatic N) is 2. The molecular weight excluding hydrogens is 234 g/mol. The first-order valence-electron chi connectivity index (χ1n) is 5.87. The Hall–Kier alpha value is -1.17. The normalized spacial score (nSPS) is 10.2. The van der Waals surface area contributed by atoms with Crippen LogP contribution in [-0.2, 0) is 0 Å². The fourth-order valence-corrected chi connectivity index (χ4v) is 1.77. The summed E-state index contributed by atoms with van der Waals surface area (Å²) in [4.78, 5) is 8.28. The molecule has 0 spiro atoms. The molecule has 0 amide bonds. The van der Waals surface area contributed by atoms with Gasteiger partial charge in [0.25, 0.3) is 0 Å². The van der Waals surface area contributed by atoms with Crippen LogP contribution in [0.5, 0.6) is 0 Å². The third-order valence-corrected chi connectivity index (χ3v) is 2.83. The number of anilines is 3. The van der Waals surface area contributed by atoms with Crippen molar-refractivity contribution in [3.63, 3.8) is 0 Å². The molecular formula is C11H21N5S. The maximum Gasteiger partial charge on any atom is 0.223 e. The molecule has 96 valence electrons. The van der Waals surface area contributed by atoms with Crippen molar-refractivity contribution in [2.45, 2.75) is 19.8 Å². The van der Waals surface area contributed by atoms with Gasteiger partial charge in [-0.2, -0.15) is 21.7 Å². The van der Waals surface area contributed by atoms with E-state index in [0.29, 0.717) is 5.95 Å². The smallest absolute Gasteiger partial charge is 0.223 e. The predicted molar refractivity (Wildman–Crippen MR) is 76.7 cm³/mol. The van der Waals surface area contributed by atoms with Crippen molar-refractivity contribution in [3.05, 3.63) is 6.07 Å². The Morgan fingerprint density at radius 3 is 2.47 bits per heavy atom. The van der Waals surface area contributed by atoms with Gasteiger partial charge >= 0.3 is 0 Å². The van der Waals surface area contributed by atoms with E-state index in [2.05, 4.69) is 33.8 Å². The van der Waals surface area contributed by atoms with Gasteiger partial charge in [-0.1, -0.05) is 6.92 Å². The second kappa shape index (κ2) is 8.00. The van der Waals surface area contributed by atoms with Gasteiger partial charge in [0, 0.05) is 19.2 Å². The molecule has 0 aliphatic rings. The third-order valence-electron chi connectivity index (χ3n) is 2.13. The lowest BCUT2D eigenvalue weighted by molar-refractivity contribution is 0.958. The first-order chi connectivity index (χ1) is 8.26. The summed E-state index contributed by atoms with van der Waals surface area (Å²) in [6.07, 6.45) is 4.28. The van der Waals surface area contributed by atoms with Crippen LogP contribution >= 0.6 is 11.8 Å². The van der Waals surface area contributed by atoms with Crippen molar-refractivity contribution in [1.29, 1.82) is 0 Å². The molecule has 0 aliphatic carbocycles. The minimum atomic E-state index is 0.304. The molecule has 0 aliphatic heterocycles. The predicted octanol–water partition coefficient (Wildman–Crippen LogP) is 2.05. The van der Waals surface area contributed by atoms with E-state index in [0.717, 1.165) is 43.3 Å². The maximum absolute atomic E-state index is 5.66. The number of thioether (sulfide) groups is 1. The molecule has 1 heterocycles. The fraction of sp³-hybridized carbons (Fsp3) is 0.636. The van der Waals surface area contributed by atoms with Gasteiger partial charge in [0.15, 0.2) is 0 Å². The molecule has 0 saturated carbocycles. The van der Waals surface area contributed by atoms with Crippen LogP contribution in [0.15, 0.2) is 6.07 Å². The highest BCUT2D eigenvalue weighted by molar-refractivity contribution is 7.98. The summed E-state index contributed by atoms with van der Waals surface area (Å²) < 4.78 is 0. The molecule has 1 rings (SSSR count). The van der Waals surface area contributed by atoms with E-state index in [-0.39, 0.29) is 0 Å². The Labute approximate surface area is 107 Å². The quantitative estimate of drug-likeness (QED) is 0.617. The topological polar surface area (TPSA) is 75.9 Å². The zero-order valence-corrected chi connectivity index (χ0v) is 11.3. The van der Waals surface area contributed by atoms with E-state index < -0.39 is 0 Å². The first-order valence-corrected chi connectivity index (χ1v) is 7.27. The van der Waals surface area contributed by atoms with Gasteiger partial charge in [0.2, 0.25) is 5.95 Å². The molecule has 1 aromatic rings. The molecule has 4 N–H and O–H groups in total. The minimum Gasteiger partial charge on any atom is -0.370 e. The molecule has 0 fully saturated rings. The molecule has 0 unspecified atom stereocenters. The zero-order chi connectivity index (χ0) is 12.5. The summed E-state index contributed by atoms with van der Waals surface area (Å²) in [6, 6.07) is 1.89. The van der Waals surface area contributed by atoms with Crippen molar-refractivity contribution in [2.24, 2.45) is 0 Å². The Morgan fingerprint density at radius 1 is 1.24 bits per heavy atom. The molecule has 6 heteroatoms. The zero-order valence-electron chi connectivity index (χ0n) is 10.5. The maximum atomic E-state index is 5.66. The summed E-state index contributed by atoms with van der Waals surface area (Å²) in [7, 11) is 0. The fourth-order valence-electron chi connectivity index (χ4n) is 1.33. The van der Waals surface area contributed by atoms with Gasteiger partial charge in [-0.3, -0.25) is 0 Å². The highest BCUT2D eigenvalue weighted by Gasteiger charge is 2.01. The highest BCUT2D eigenvalue weighted by Crippen LogP contribution is 2.12. The molecule has 0 bridgehead atoms. The summed E-state index contributed by atoms with van der Waals surface area (Å²) >= 11 is 1.84. The second-order valence-corrected chi connectivity index (χ2v) is 4.68. The van der Waals surface area contributed by atoms with Crippen LogP contribution in [-0.4, -0.2) is 35.1 Å². The van der Waals surface area contributed by atoms with E-state index in [9.17, 15) is 0 Å². The van der Waals surface area contributed by atoms with Crippen molar-refractivity contribution in [2.75, 3.05) is 41.5 Å². The monoisotopic (exact) mass is 255 g/mol. The molecule has 1 aromatic heterocycles. The van der Waals surface area contributed by atoms with Gasteiger partial charge in [0.05, 0.1) is 0 Å². The van der Waals surface area contributed by atoms with Gasteiger partial charge in [-0.05, 0) is 24.9 Å². The van der Waals surface area contributed by atoms with Crippen LogP contribution in [0.3, 0.4) is 0 Å². The van der Waals surface area contributed by atoms with Crippen LogP contribution in [0.4, 0.5) is 17.6 Å². The van der Waals surface area contributed by atoms with Gasteiger partial charge in [-0.25, -0.2) is 0 Å². The van der Waals surface area contributed by atoms with E-state index in [4.69, 9.17) is 5.73 Å². The molecule has 0 aromatic carbocycles. The summed E-state index contributed by atoms with van der Waals surface area (Å²) in [5.74, 6) is 3.02. The lowest BCUT2D eigenvalue weighted by atomic mass is 10.4. The Morgan fingerprint density at radius 2 is 1.88 bits per heavy atom. The standard InChI is InChI=1S/C11H21N5S/c1-3-5-13-9-8-10(16-11(12)15-9)14-6-4-7-17-2/h8H,3-7H2,1-2H3,(H4,12,13,14,15,16). The van der Waals surface area contributed by atoms with E-state index in [1.807, 2.05) is 17.8 Å². The first kappa shape index (κ1) is 13.9. The number of nitrogens with one attached hydrogen (secondary N) is 2. The van der Waals surface area contributed by atoms with Crippen LogP contribution < -0.4 is 16.4 Å². The van der Waals surface area contributed by atoms with Crippen molar-refractivity contribution in [3.8, 4) is 0 Å². The van der Waals surface area contributed by atoms with Gasteiger partial charge in [0.1, 0.15) is 11.6 Å². The summed E-state index contributed by atoms with van der Waals surface area (Å²) in [5.41, 5.74) is 5.66. The number of hydrogen-bond donors (Lipinski definition) is 3. The Kier molecular flexibility index (Phi) is 6.54. The van der Waals surface area contributed by atoms with E-state index >= 15 is 0 Å². The van der Waals surface area contributed by atoms with Crippen molar-refractivity contribution < 1.29 is 0 Å². The number of aromatic nitrogens is 2. The highest BCUT2D eigenvalue weighted by atomic mass is 32.2. The van der Waals surface area contributed by atoms with Crippen LogP contribution in [0, 0.1) is 0 Å². The number of hydrogen-bond acceptors (Lipinski definition) is 6. The third kappa shape index (κ3) is 5.63. The lowest BCUT2D eigenvalue weighted by Crippen LogP contribution is -2.09. The molecule has 5 nitrogen and oxygen atoms in total. The largest absolute Gasteiger partial charge is 0.370 e. The van der Waals surface area contributed by atoms with Crippen LogP contribution in [0.25, 0.3) is 0 Å². The van der Waals surface area contributed by atoms with Gasteiger partial charge in [-0.15, -0.1) is 0 Å². The molecule has 17 heavy (non-hydrogen) atoms. The van der Waals surface area contributed by atoms with Crippen LogP contribution in [0.1, 0.15) is 19.8 Å². The van der Waals surface area contributed by atoms with Crippen molar-refractivity contribution >= 4 is 29.3 Å². The number of nitrogen functional groups attached to an aromatic ring is 1. The number of nitrogens with two attached hydrogens (primary N) is 1. The SMILES string of the molecule is CCCNc1cc(NCCCSC)nc(N)n1. The molecule has 0 atom stereocenters. The Balaban J connectivity index is 2.50. The van der Waals surface area contributed by atoms with E-state index in [1.165, 1.54) is 0 Å². The average Bonchev–Trinajstić information content (AvgIpc) is 2.31. The summed E-state index contributed by atoms with van der Waals surface area (Å²) in [5, 5.41) is 6.45. The average molecular weight is 255 g/mol. The summed E-state index contributed by atoms with van der Waals surface area (Å²) in [6.45, 7) is 3.91. The molecule has 0 saturated heterocycles.